The third kappa shape index (κ3) is 7.04. The first-order chi connectivity index (χ1) is 5.31. The van der Waals surface area contributed by atoms with E-state index in [1.807, 2.05) is 19.1 Å². The van der Waals surface area contributed by atoms with Gasteiger partial charge >= 0.3 is 0 Å². The number of unbranched alkanes of at least 4 members (excludes halogenated alkanes) is 1. The zero-order chi connectivity index (χ0) is 8.53. The first-order valence-electron chi connectivity index (χ1n) is 4.18. The summed E-state index contributed by atoms with van der Waals surface area (Å²) in [7, 11) is 0. The van der Waals surface area contributed by atoms with E-state index in [4.69, 9.17) is 0 Å². The standard InChI is InChI=1S/C10H16O/c1-3-5-7-9-10(11)8-6-4-2/h6-9H,3-5H2,1-2H3. The van der Waals surface area contributed by atoms with Gasteiger partial charge in [-0.1, -0.05) is 32.4 Å². The lowest BCUT2D eigenvalue weighted by Gasteiger charge is -1.83. The number of ketones is 1. The summed E-state index contributed by atoms with van der Waals surface area (Å²) in [6.45, 7) is 4.11. The highest BCUT2D eigenvalue weighted by atomic mass is 16.1. The molecule has 1 nitrogen and oxygen atoms in total. The van der Waals surface area contributed by atoms with Crippen molar-refractivity contribution < 1.29 is 4.79 Å². The maximum absolute atomic E-state index is 10.9. The number of hydrogen-bond donors (Lipinski definition) is 0. The van der Waals surface area contributed by atoms with E-state index in [1.165, 1.54) is 0 Å². The molecule has 0 aromatic carbocycles. The molecule has 0 unspecified atom stereocenters. The van der Waals surface area contributed by atoms with Crippen LogP contribution in [0.2, 0.25) is 0 Å². The fourth-order valence-corrected chi connectivity index (χ4v) is 0.656. The molecular weight excluding hydrogens is 136 g/mol. The molecule has 1 heteroatoms. The van der Waals surface area contributed by atoms with E-state index >= 15 is 0 Å². The molecule has 0 fully saturated rings. The Morgan fingerprint density at radius 1 is 1.18 bits per heavy atom. The zero-order valence-electron chi connectivity index (χ0n) is 7.34. The van der Waals surface area contributed by atoms with E-state index in [0.29, 0.717) is 0 Å². The van der Waals surface area contributed by atoms with Crippen LogP contribution in [0.1, 0.15) is 33.1 Å². The molecule has 11 heavy (non-hydrogen) atoms. The van der Waals surface area contributed by atoms with Gasteiger partial charge in [-0.05, 0) is 25.0 Å². The summed E-state index contributed by atoms with van der Waals surface area (Å²) in [6.07, 6.45) is 10.1. The molecule has 0 saturated heterocycles. The van der Waals surface area contributed by atoms with Crippen molar-refractivity contribution in [2.75, 3.05) is 0 Å². The third-order valence-electron chi connectivity index (χ3n) is 1.26. The molecular formula is C10H16O. The summed E-state index contributed by atoms with van der Waals surface area (Å²) >= 11 is 0. The van der Waals surface area contributed by atoms with Crippen LogP contribution in [-0.2, 0) is 4.79 Å². The van der Waals surface area contributed by atoms with Gasteiger partial charge in [0.25, 0.3) is 0 Å². The van der Waals surface area contributed by atoms with Gasteiger partial charge in [0.1, 0.15) is 0 Å². The summed E-state index contributed by atoms with van der Waals surface area (Å²) < 4.78 is 0. The summed E-state index contributed by atoms with van der Waals surface area (Å²) in [5.41, 5.74) is 0. The number of carbonyl (C=O) groups is 1. The van der Waals surface area contributed by atoms with Gasteiger partial charge in [0.2, 0.25) is 0 Å². The molecule has 0 radical (unpaired) electrons. The van der Waals surface area contributed by atoms with Crippen molar-refractivity contribution in [3.8, 4) is 0 Å². The Kier molecular flexibility index (Phi) is 6.70. The van der Waals surface area contributed by atoms with Gasteiger partial charge in [0.05, 0.1) is 0 Å². The topological polar surface area (TPSA) is 17.1 Å². The number of allylic oxidation sites excluding steroid dienone is 4. The van der Waals surface area contributed by atoms with Gasteiger partial charge in [0, 0.05) is 0 Å². The molecule has 0 aromatic heterocycles. The molecule has 0 aromatic rings. The molecule has 0 aliphatic carbocycles. The summed E-state index contributed by atoms with van der Waals surface area (Å²) in [5, 5.41) is 0. The van der Waals surface area contributed by atoms with Gasteiger partial charge in [-0.3, -0.25) is 4.79 Å². The Hall–Kier alpha value is -0.850. The van der Waals surface area contributed by atoms with Gasteiger partial charge in [-0.25, -0.2) is 0 Å². The van der Waals surface area contributed by atoms with Crippen LogP contribution in [0, 0.1) is 0 Å². The van der Waals surface area contributed by atoms with Crippen LogP contribution in [0.15, 0.2) is 24.3 Å². The van der Waals surface area contributed by atoms with E-state index in [2.05, 4.69) is 6.92 Å². The SMILES string of the molecule is CCC=CC(=O)C=CCCC. The Morgan fingerprint density at radius 2 is 1.82 bits per heavy atom. The largest absolute Gasteiger partial charge is 0.290 e. The molecule has 62 valence electrons. The second-order valence-corrected chi connectivity index (χ2v) is 2.40. The minimum atomic E-state index is 0.0975. The molecule has 0 bridgehead atoms. The Balaban J connectivity index is 3.59. The number of carbonyl (C=O) groups excluding carboxylic acids is 1. The molecule has 0 heterocycles. The first kappa shape index (κ1) is 10.2. The molecule has 0 aliphatic heterocycles. The molecule has 0 amide bonds. The number of hydrogen-bond acceptors (Lipinski definition) is 1. The summed E-state index contributed by atoms with van der Waals surface area (Å²) in [5.74, 6) is 0.0975. The monoisotopic (exact) mass is 152 g/mol. The van der Waals surface area contributed by atoms with Crippen molar-refractivity contribution in [3.05, 3.63) is 24.3 Å². The van der Waals surface area contributed by atoms with Crippen molar-refractivity contribution in [2.45, 2.75) is 33.1 Å². The maximum Gasteiger partial charge on any atom is 0.177 e. The molecule has 0 saturated carbocycles. The average molecular weight is 152 g/mol. The van der Waals surface area contributed by atoms with E-state index < -0.39 is 0 Å². The van der Waals surface area contributed by atoms with E-state index in [1.54, 1.807) is 12.2 Å². The van der Waals surface area contributed by atoms with Crippen LogP contribution < -0.4 is 0 Å². The highest BCUT2D eigenvalue weighted by Gasteiger charge is 1.84. The minimum absolute atomic E-state index is 0.0975. The van der Waals surface area contributed by atoms with E-state index in [-0.39, 0.29) is 5.78 Å². The molecule has 0 atom stereocenters. The normalized spacial score (nSPS) is 11.5. The van der Waals surface area contributed by atoms with Crippen LogP contribution in [-0.4, -0.2) is 5.78 Å². The minimum Gasteiger partial charge on any atom is -0.290 e. The van der Waals surface area contributed by atoms with Gasteiger partial charge < -0.3 is 0 Å². The molecule has 0 spiro atoms. The van der Waals surface area contributed by atoms with Crippen LogP contribution in [0.3, 0.4) is 0 Å². The molecule has 0 rings (SSSR count). The Labute approximate surface area is 68.8 Å². The van der Waals surface area contributed by atoms with Crippen molar-refractivity contribution >= 4 is 5.78 Å². The smallest absolute Gasteiger partial charge is 0.177 e. The first-order valence-corrected chi connectivity index (χ1v) is 4.18. The highest BCUT2D eigenvalue weighted by molar-refractivity contribution is 5.99. The average Bonchev–Trinajstić information content (AvgIpc) is 2.01. The molecule has 0 aliphatic rings. The van der Waals surface area contributed by atoms with Gasteiger partial charge in [0.15, 0.2) is 5.78 Å². The van der Waals surface area contributed by atoms with Crippen molar-refractivity contribution in [3.63, 3.8) is 0 Å². The van der Waals surface area contributed by atoms with E-state index in [0.717, 1.165) is 19.3 Å². The van der Waals surface area contributed by atoms with E-state index in [9.17, 15) is 4.79 Å². The van der Waals surface area contributed by atoms with Gasteiger partial charge in [-0.2, -0.15) is 0 Å². The Morgan fingerprint density at radius 3 is 2.36 bits per heavy atom. The van der Waals surface area contributed by atoms with Crippen LogP contribution in [0.25, 0.3) is 0 Å². The summed E-state index contributed by atoms with van der Waals surface area (Å²) in [4.78, 5) is 10.9. The highest BCUT2D eigenvalue weighted by Crippen LogP contribution is 1.90. The fraction of sp³-hybridized carbons (Fsp3) is 0.500. The number of rotatable bonds is 5. The quantitative estimate of drug-likeness (QED) is 0.553. The zero-order valence-corrected chi connectivity index (χ0v) is 7.34. The van der Waals surface area contributed by atoms with Crippen molar-refractivity contribution in [1.82, 2.24) is 0 Å². The second-order valence-electron chi connectivity index (χ2n) is 2.40. The summed E-state index contributed by atoms with van der Waals surface area (Å²) in [6, 6.07) is 0. The lowest BCUT2D eigenvalue weighted by molar-refractivity contribution is -0.110. The van der Waals surface area contributed by atoms with Crippen LogP contribution >= 0.6 is 0 Å². The van der Waals surface area contributed by atoms with Crippen LogP contribution in [0.5, 0.6) is 0 Å². The maximum atomic E-state index is 10.9. The van der Waals surface area contributed by atoms with Crippen LogP contribution in [0.4, 0.5) is 0 Å². The predicted octanol–water partition coefficient (Wildman–Crippen LogP) is 2.88. The second kappa shape index (κ2) is 7.26. The van der Waals surface area contributed by atoms with Crippen molar-refractivity contribution in [2.24, 2.45) is 0 Å². The predicted molar refractivity (Wildman–Crippen MR) is 48.5 cm³/mol. The fourth-order valence-electron chi connectivity index (χ4n) is 0.656. The Bertz CT molecular complexity index is 154. The third-order valence-corrected chi connectivity index (χ3v) is 1.26. The lowest BCUT2D eigenvalue weighted by atomic mass is 10.2. The van der Waals surface area contributed by atoms with Gasteiger partial charge in [-0.15, -0.1) is 0 Å². The lowest BCUT2D eigenvalue weighted by Crippen LogP contribution is -1.83. The van der Waals surface area contributed by atoms with Crippen molar-refractivity contribution in [1.29, 1.82) is 0 Å². The molecule has 0 N–H and O–H groups in total.